The highest BCUT2D eigenvalue weighted by Crippen LogP contribution is 2.32. The number of furan rings is 2. The number of nitrogens with one attached hydrogen (secondary N) is 1. The second kappa shape index (κ2) is 8.67. The molecule has 0 bridgehead atoms. The number of hydrogen-bond acceptors (Lipinski definition) is 5. The zero-order valence-corrected chi connectivity index (χ0v) is 18.0. The average molecular weight is 482 g/mol. The molecule has 0 aliphatic carbocycles. The van der Waals surface area contributed by atoms with Crippen LogP contribution in [-0.2, 0) is 19.3 Å². The summed E-state index contributed by atoms with van der Waals surface area (Å²) in [4.78, 5) is 29.0. The molecule has 4 heterocycles. The fraction of sp³-hybridized carbons (Fsp3) is 0.125. The summed E-state index contributed by atoms with van der Waals surface area (Å²) < 4.78 is 53.5. The van der Waals surface area contributed by atoms with Gasteiger partial charge < -0.3 is 18.0 Å². The second-order valence-electron chi connectivity index (χ2n) is 7.69. The predicted octanol–water partition coefficient (Wildman–Crippen LogP) is 4.75. The zero-order valence-electron chi connectivity index (χ0n) is 18.0. The zero-order chi connectivity index (χ0) is 24.6. The Kier molecular flexibility index (Phi) is 5.51. The lowest BCUT2D eigenvalue weighted by Crippen LogP contribution is -2.18. The molecule has 0 spiro atoms. The van der Waals surface area contributed by atoms with Crippen LogP contribution in [0.5, 0.6) is 0 Å². The van der Waals surface area contributed by atoms with E-state index in [-0.39, 0.29) is 35.9 Å². The van der Waals surface area contributed by atoms with Crippen molar-refractivity contribution in [3.63, 3.8) is 0 Å². The molecule has 4 aromatic heterocycles. The van der Waals surface area contributed by atoms with E-state index < -0.39 is 17.6 Å². The van der Waals surface area contributed by atoms with Gasteiger partial charge >= 0.3 is 6.18 Å². The van der Waals surface area contributed by atoms with Crippen LogP contribution in [-0.4, -0.2) is 20.0 Å². The van der Waals surface area contributed by atoms with Crippen LogP contribution in [0.2, 0.25) is 0 Å². The maximum atomic E-state index is 13.2. The first-order chi connectivity index (χ1) is 16.8. The van der Waals surface area contributed by atoms with Gasteiger partial charge in [-0.2, -0.15) is 13.2 Å². The summed E-state index contributed by atoms with van der Waals surface area (Å²) in [5.74, 6) is 0.230. The molecule has 5 aromatic rings. The van der Waals surface area contributed by atoms with Crippen molar-refractivity contribution in [2.45, 2.75) is 19.3 Å². The van der Waals surface area contributed by atoms with Crippen LogP contribution in [0.4, 0.5) is 19.1 Å². The molecular weight excluding hydrogens is 465 g/mol. The SMILES string of the molecule is O=C(Nc1nc2cc(C(F)(F)F)ccc2n1Cc1ccco1)c1ccc(Cn2ccccc2=O)o1. The fourth-order valence-electron chi connectivity index (χ4n) is 3.63. The Morgan fingerprint density at radius 3 is 2.60 bits per heavy atom. The monoisotopic (exact) mass is 482 g/mol. The van der Waals surface area contributed by atoms with Crippen molar-refractivity contribution >= 4 is 22.9 Å². The van der Waals surface area contributed by atoms with Gasteiger partial charge in [-0.15, -0.1) is 0 Å². The van der Waals surface area contributed by atoms with Gasteiger partial charge in [0.2, 0.25) is 5.95 Å². The summed E-state index contributed by atoms with van der Waals surface area (Å²) in [6.07, 6.45) is -1.47. The number of imidazole rings is 1. The number of anilines is 1. The Balaban J connectivity index is 1.44. The third-order valence-electron chi connectivity index (χ3n) is 5.31. The molecule has 0 aliphatic rings. The van der Waals surface area contributed by atoms with Gasteiger partial charge in [0.15, 0.2) is 5.76 Å². The highest BCUT2D eigenvalue weighted by atomic mass is 19.4. The number of alkyl halides is 3. The van der Waals surface area contributed by atoms with E-state index in [0.717, 1.165) is 12.1 Å². The lowest BCUT2D eigenvalue weighted by molar-refractivity contribution is -0.137. The van der Waals surface area contributed by atoms with Gasteiger partial charge in [-0.1, -0.05) is 6.07 Å². The largest absolute Gasteiger partial charge is 0.467 e. The minimum absolute atomic E-state index is 0.0259. The number of rotatable bonds is 6. The van der Waals surface area contributed by atoms with Gasteiger partial charge in [0, 0.05) is 12.3 Å². The quantitative estimate of drug-likeness (QED) is 0.377. The molecule has 0 unspecified atom stereocenters. The molecule has 35 heavy (non-hydrogen) atoms. The number of aromatic nitrogens is 3. The molecule has 11 heteroatoms. The smallest absolute Gasteiger partial charge is 0.416 e. The molecule has 0 aliphatic heterocycles. The number of hydrogen-bond donors (Lipinski definition) is 1. The van der Waals surface area contributed by atoms with Crippen LogP contribution in [0.1, 0.15) is 27.6 Å². The highest BCUT2D eigenvalue weighted by molar-refractivity contribution is 6.02. The first-order valence-electron chi connectivity index (χ1n) is 10.4. The number of amides is 1. The number of benzene rings is 1. The Hall–Kier alpha value is -4.54. The van der Waals surface area contributed by atoms with E-state index in [0.29, 0.717) is 17.0 Å². The van der Waals surface area contributed by atoms with Crippen LogP contribution in [0.25, 0.3) is 11.0 Å². The minimum atomic E-state index is -4.53. The predicted molar refractivity (Wildman–Crippen MR) is 119 cm³/mol. The Morgan fingerprint density at radius 2 is 1.86 bits per heavy atom. The summed E-state index contributed by atoms with van der Waals surface area (Å²) >= 11 is 0. The second-order valence-corrected chi connectivity index (χ2v) is 7.69. The van der Waals surface area contributed by atoms with Crippen LogP contribution < -0.4 is 10.9 Å². The molecule has 1 N–H and O–H groups in total. The summed E-state index contributed by atoms with van der Waals surface area (Å²) in [6, 6.07) is 14.3. The minimum Gasteiger partial charge on any atom is -0.467 e. The molecular formula is C24H17F3N4O4. The van der Waals surface area contributed by atoms with Gasteiger partial charge in [0.25, 0.3) is 11.5 Å². The van der Waals surface area contributed by atoms with Crippen LogP contribution in [0.15, 0.2) is 86.8 Å². The molecule has 0 radical (unpaired) electrons. The van der Waals surface area contributed by atoms with E-state index in [1.165, 1.54) is 29.0 Å². The highest BCUT2D eigenvalue weighted by Gasteiger charge is 2.31. The standard InChI is InChI=1S/C24H17F3N4O4/c25-24(26,27)15-6-8-19-18(12-15)28-23(31(19)14-16-4-3-11-34-16)29-22(33)20-9-7-17(35-20)13-30-10-2-1-5-21(30)32/h1-12H,13-14H2,(H,28,29,33). The fourth-order valence-corrected chi connectivity index (χ4v) is 3.63. The first kappa shape index (κ1) is 22.3. The van der Waals surface area contributed by atoms with Crippen molar-refractivity contribution in [3.05, 3.63) is 106 Å². The third-order valence-corrected chi connectivity index (χ3v) is 5.31. The normalized spacial score (nSPS) is 11.7. The lowest BCUT2D eigenvalue weighted by Gasteiger charge is -2.09. The van der Waals surface area contributed by atoms with Crippen molar-refractivity contribution in [1.82, 2.24) is 14.1 Å². The molecule has 8 nitrogen and oxygen atoms in total. The van der Waals surface area contributed by atoms with Crippen molar-refractivity contribution < 1.29 is 26.8 Å². The molecule has 178 valence electrons. The van der Waals surface area contributed by atoms with Gasteiger partial charge in [-0.3, -0.25) is 14.9 Å². The first-order valence-corrected chi connectivity index (χ1v) is 10.4. The van der Waals surface area contributed by atoms with Crippen molar-refractivity contribution in [2.75, 3.05) is 5.32 Å². The summed E-state index contributed by atoms with van der Waals surface area (Å²) in [5, 5.41) is 2.60. The van der Waals surface area contributed by atoms with Crippen molar-refractivity contribution in [2.24, 2.45) is 0 Å². The number of halogens is 3. The van der Waals surface area contributed by atoms with Gasteiger partial charge in [-0.05, 0) is 48.5 Å². The summed E-state index contributed by atoms with van der Waals surface area (Å²) in [6.45, 7) is 0.259. The van der Waals surface area contributed by atoms with Crippen LogP contribution in [0.3, 0.4) is 0 Å². The number of fused-ring (bicyclic) bond motifs is 1. The molecule has 0 fully saturated rings. The summed E-state index contributed by atoms with van der Waals surface area (Å²) in [7, 11) is 0. The van der Waals surface area contributed by atoms with Crippen LogP contribution >= 0.6 is 0 Å². The molecule has 0 atom stereocenters. The molecule has 0 saturated carbocycles. The number of carbonyl (C=O) groups excluding carboxylic acids is 1. The number of pyridine rings is 1. The van der Waals surface area contributed by atoms with Gasteiger partial charge in [0.05, 0.1) is 35.9 Å². The van der Waals surface area contributed by atoms with E-state index in [1.54, 1.807) is 41.1 Å². The van der Waals surface area contributed by atoms with Gasteiger partial charge in [-0.25, -0.2) is 4.98 Å². The Bertz CT molecular complexity index is 1560. The van der Waals surface area contributed by atoms with E-state index in [9.17, 15) is 22.8 Å². The molecule has 0 saturated heterocycles. The Morgan fingerprint density at radius 1 is 1.00 bits per heavy atom. The molecule has 1 amide bonds. The third kappa shape index (κ3) is 4.60. The topological polar surface area (TPSA) is 95.2 Å². The van der Waals surface area contributed by atoms with Crippen molar-refractivity contribution in [3.8, 4) is 0 Å². The number of nitrogens with zero attached hydrogens (tertiary/aromatic N) is 3. The van der Waals surface area contributed by atoms with E-state index >= 15 is 0 Å². The summed E-state index contributed by atoms with van der Waals surface area (Å²) in [5.41, 5.74) is -0.629. The lowest BCUT2D eigenvalue weighted by atomic mass is 10.2. The molecule has 5 rings (SSSR count). The molecule has 1 aromatic carbocycles. The van der Waals surface area contributed by atoms with E-state index in [4.69, 9.17) is 8.83 Å². The van der Waals surface area contributed by atoms with E-state index in [2.05, 4.69) is 10.3 Å². The van der Waals surface area contributed by atoms with E-state index in [1.807, 2.05) is 0 Å². The maximum Gasteiger partial charge on any atom is 0.416 e. The van der Waals surface area contributed by atoms with Gasteiger partial charge in [0.1, 0.15) is 11.5 Å². The average Bonchev–Trinajstić information content (AvgIpc) is 3.56. The Labute approximate surface area is 195 Å². The van der Waals surface area contributed by atoms with Crippen LogP contribution in [0, 0.1) is 0 Å². The number of carbonyl (C=O) groups is 1. The van der Waals surface area contributed by atoms with Crippen molar-refractivity contribution in [1.29, 1.82) is 0 Å². The maximum absolute atomic E-state index is 13.2.